The SMILES string of the molecule is C/C=C\C(=C/C1=CCCN(S(=O)(=O)C(F)(F)F)C1)CNCl. The Balaban J connectivity index is 2.95. The molecule has 1 N–H and O–H groups in total. The van der Waals surface area contributed by atoms with Crippen molar-refractivity contribution < 1.29 is 21.6 Å². The van der Waals surface area contributed by atoms with E-state index in [2.05, 4.69) is 4.84 Å². The topological polar surface area (TPSA) is 49.4 Å². The molecule has 0 aromatic carbocycles. The minimum atomic E-state index is -5.29. The molecule has 0 radical (unpaired) electrons. The second kappa shape index (κ2) is 7.44. The first-order chi connectivity index (χ1) is 9.72. The molecule has 1 rings (SSSR count). The van der Waals surface area contributed by atoms with Gasteiger partial charge in [-0.25, -0.2) is 13.3 Å². The highest BCUT2D eigenvalue weighted by atomic mass is 35.5. The Morgan fingerprint density at radius 2 is 2.19 bits per heavy atom. The van der Waals surface area contributed by atoms with Crippen molar-refractivity contribution in [3.8, 4) is 0 Å². The third kappa shape index (κ3) is 4.84. The third-order valence-corrected chi connectivity index (χ3v) is 4.51. The van der Waals surface area contributed by atoms with E-state index in [1.54, 1.807) is 31.2 Å². The number of hydrogen-bond donors (Lipinski definition) is 1. The van der Waals surface area contributed by atoms with Gasteiger partial charge in [0.2, 0.25) is 0 Å². The number of nitrogens with zero attached hydrogens (tertiary/aromatic N) is 1. The maximum absolute atomic E-state index is 12.5. The van der Waals surface area contributed by atoms with Crippen LogP contribution in [0.15, 0.2) is 35.5 Å². The van der Waals surface area contributed by atoms with Gasteiger partial charge in [-0.1, -0.05) is 24.3 Å². The largest absolute Gasteiger partial charge is 0.511 e. The fourth-order valence-electron chi connectivity index (χ4n) is 1.88. The van der Waals surface area contributed by atoms with Crippen LogP contribution in [0.2, 0.25) is 0 Å². The lowest BCUT2D eigenvalue weighted by molar-refractivity contribution is -0.0487. The molecule has 0 bridgehead atoms. The molecule has 0 saturated carbocycles. The zero-order valence-corrected chi connectivity index (χ0v) is 12.9. The smallest absolute Gasteiger partial charge is 0.229 e. The number of sulfonamides is 1. The van der Waals surface area contributed by atoms with Gasteiger partial charge in [0.1, 0.15) is 0 Å². The molecule has 1 heterocycles. The van der Waals surface area contributed by atoms with Crippen LogP contribution in [0, 0.1) is 0 Å². The number of alkyl halides is 3. The van der Waals surface area contributed by atoms with Crippen molar-refractivity contribution in [1.29, 1.82) is 0 Å². The van der Waals surface area contributed by atoms with Crippen molar-refractivity contribution >= 4 is 21.8 Å². The van der Waals surface area contributed by atoms with E-state index in [9.17, 15) is 21.6 Å². The van der Waals surface area contributed by atoms with E-state index < -0.39 is 15.5 Å². The number of nitrogens with one attached hydrogen (secondary N) is 1. The monoisotopic (exact) mass is 344 g/mol. The molecule has 0 amide bonds. The lowest BCUT2D eigenvalue weighted by Crippen LogP contribution is -2.43. The van der Waals surface area contributed by atoms with Crippen molar-refractivity contribution in [3.63, 3.8) is 0 Å². The summed E-state index contributed by atoms with van der Waals surface area (Å²) in [5.74, 6) is 0. The first-order valence-corrected chi connectivity index (χ1v) is 7.96. The predicted octanol–water partition coefficient (Wildman–Crippen LogP) is 2.71. The zero-order chi connectivity index (χ0) is 16.1. The van der Waals surface area contributed by atoms with Gasteiger partial charge >= 0.3 is 15.5 Å². The van der Waals surface area contributed by atoms with Gasteiger partial charge in [-0.2, -0.15) is 17.5 Å². The van der Waals surface area contributed by atoms with Crippen LogP contribution in [0.25, 0.3) is 0 Å². The summed E-state index contributed by atoms with van der Waals surface area (Å²) in [6.07, 6.45) is 7.09. The van der Waals surface area contributed by atoms with Gasteiger partial charge in [0.05, 0.1) is 0 Å². The second-order valence-corrected chi connectivity index (χ2v) is 6.58. The van der Waals surface area contributed by atoms with Crippen LogP contribution in [0.5, 0.6) is 0 Å². The molecule has 0 aromatic heterocycles. The summed E-state index contributed by atoms with van der Waals surface area (Å²) in [4.78, 5) is 2.42. The Morgan fingerprint density at radius 1 is 1.52 bits per heavy atom. The van der Waals surface area contributed by atoms with E-state index in [1.807, 2.05) is 0 Å². The average Bonchev–Trinajstić information content (AvgIpc) is 2.38. The van der Waals surface area contributed by atoms with Gasteiger partial charge in [0, 0.05) is 19.6 Å². The third-order valence-electron chi connectivity index (χ3n) is 2.80. The Morgan fingerprint density at radius 3 is 2.71 bits per heavy atom. The molecule has 0 saturated heterocycles. The van der Waals surface area contributed by atoms with Gasteiger partial charge in [0.15, 0.2) is 0 Å². The molecule has 120 valence electrons. The van der Waals surface area contributed by atoms with E-state index in [0.29, 0.717) is 16.4 Å². The molecule has 0 aromatic rings. The van der Waals surface area contributed by atoms with Crippen molar-refractivity contribution in [3.05, 3.63) is 35.5 Å². The highest BCUT2D eigenvalue weighted by Crippen LogP contribution is 2.29. The standard InChI is InChI=1S/C12H16ClF3N2O2S/c1-2-4-10(8-17-13)7-11-5-3-6-18(9-11)21(19,20)12(14,15)16/h2,4-5,7,17H,3,6,8-9H2,1H3/b4-2-,10-7+. The number of allylic oxidation sites excluding steroid dienone is 1. The summed E-state index contributed by atoms with van der Waals surface area (Å²) >= 11 is 5.41. The van der Waals surface area contributed by atoms with Gasteiger partial charge in [-0.3, -0.25) is 0 Å². The summed E-state index contributed by atoms with van der Waals surface area (Å²) in [5.41, 5.74) is -4.03. The Bertz CT molecular complexity index is 553. The van der Waals surface area contributed by atoms with Crippen molar-refractivity contribution in [2.75, 3.05) is 19.6 Å². The van der Waals surface area contributed by atoms with E-state index in [0.717, 1.165) is 5.57 Å². The zero-order valence-electron chi connectivity index (χ0n) is 11.3. The van der Waals surface area contributed by atoms with E-state index in [-0.39, 0.29) is 19.5 Å². The Kier molecular flexibility index (Phi) is 6.45. The fraction of sp³-hybridized carbons (Fsp3) is 0.500. The number of rotatable bonds is 5. The molecule has 0 atom stereocenters. The van der Waals surface area contributed by atoms with E-state index >= 15 is 0 Å². The quantitative estimate of drug-likeness (QED) is 0.616. The molecule has 21 heavy (non-hydrogen) atoms. The van der Waals surface area contributed by atoms with Crippen LogP contribution in [-0.2, 0) is 10.0 Å². The second-order valence-electron chi connectivity index (χ2n) is 4.38. The van der Waals surface area contributed by atoms with Gasteiger partial charge < -0.3 is 0 Å². The normalized spacial score (nSPS) is 19.1. The van der Waals surface area contributed by atoms with Crippen LogP contribution >= 0.6 is 11.8 Å². The van der Waals surface area contributed by atoms with Gasteiger partial charge in [0.25, 0.3) is 0 Å². The summed E-state index contributed by atoms with van der Waals surface area (Å²) in [6, 6.07) is 0. The summed E-state index contributed by atoms with van der Waals surface area (Å²) in [7, 11) is -5.29. The number of hydrogen-bond acceptors (Lipinski definition) is 3. The molecule has 0 spiro atoms. The van der Waals surface area contributed by atoms with Gasteiger partial charge in [-0.05, 0) is 36.3 Å². The van der Waals surface area contributed by atoms with Crippen LogP contribution in [0.3, 0.4) is 0 Å². The highest BCUT2D eigenvalue weighted by molar-refractivity contribution is 7.90. The first-order valence-electron chi connectivity index (χ1n) is 6.14. The van der Waals surface area contributed by atoms with Crippen molar-refractivity contribution in [2.24, 2.45) is 0 Å². The van der Waals surface area contributed by atoms with Gasteiger partial charge in [-0.15, -0.1) is 0 Å². The van der Waals surface area contributed by atoms with E-state index in [1.165, 1.54) is 0 Å². The van der Waals surface area contributed by atoms with Crippen LogP contribution in [0.1, 0.15) is 13.3 Å². The van der Waals surface area contributed by atoms with Crippen LogP contribution in [-0.4, -0.2) is 37.9 Å². The molecule has 0 fully saturated rings. The Labute approximate surface area is 127 Å². The molecular formula is C12H16ClF3N2O2S. The average molecular weight is 345 g/mol. The summed E-state index contributed by atoms with van der Waals surface area (Å²) in [6.45, 7) is 1.63. The highest BCUT2D eigenvalue weighted by Gasteiger charge is 2.50. The summed E-state index contributed by atoms with van der Waals surface area (Å²) in [5, 5.41) is 0. The van der Waals surface area contributed by atoms with Crippen molar-refractivity contribution in [2.45, 2.75) is 18.9 Å². The van der Waals surface area contributed by atoms with Crippen LogP contribution in [0.4, 0.5) is 13.2 Å². The molecule has 0 aliphatic carbocycles. The molecule has 1 aliphatic heterocycles. The van der Waals surface area contributed by atoms with Crippen molar-refractivity contribution in [1.82, 2.24) is 9.14 Å². The molecule has 4 nitrogen and oxygen atoms in total. The fourth-order valence-corrected chi connectivity index (χ4v) is 3.00. The van der Waals surface area contributed by atoms with E-state index in [4.69, 9.17) is 11.8 Å². The summed E-state index contributed by atoms with van der Waals surface area (Å²) < 4.78 is 60.9. The molecular weight excluding hydrogens is 329 g/mol. The lowest BCUT2D eigenvalue weighted by Gasteiger charge is -2.26. The van der Waals surface area contributed by atoms with Crippen LogP contribution < -0.4 is 4.84 Å². The minimum absolute atomic E-state index is 0.175. The molecule has 1 aliphatic rings. The minimum Gasteiger partial charge on any atom is -0.229 e. The molecule has 0 unspecified atom stereocenters. The Hall–Kier alpha value is -0.830. The predicted molar refractivity (Wildman–Crippen MR) is 76.0 cm³/mol. The first kappa shape index (κ1) is 18.2. The number of halogens is 4. The lowest BCUT2D eigenvalue weighted by atomic mass is 10.1. The maximum atomic E-state index is 12.5. The molecule has 9 heteroatoms. The maximum Gasteiger partial charge on any atom is 0.511 e.